The number of anilines is 6. The summed E-state index contributed by atoms with van der Waals surface area (Å²) in [5.41, 5.74) is 21.3. The molecular weight excluding hydrogens is 881 g/mol. The summed E-state index contributed by atoms with van der Waals surface area (Å²) in [4.78, 5) is 4.71. The van der Waals surface area contributed by atoms with Gasteiger partial charge in [-0.05, 0) is 173 Å². The summed E-state index contributed by atoms with van der Waals surface area (Å²) in [5.74, 6) is 0. The third-order valence-electron chi connectivity index (χ3n) is 15.0. The van der Waals surface area contributed by atoms with E-state index in [1.54, 1.807) is 0 Å². The largest absolute Gasteiger partial charge is 0.311 e. The van der Waals surface area contributed by atoms with E-state index in [1.165, 1.54) is 77.2 Å². The Balaban J connectivity index is 0.824. The molecule has 0 bridgehead atoms. The monoisotopic (exact) mass is 932 g/mol. The lowest BCUT2D eigenvalue weighted by molar-refractivity contribution is 0.663. The fourth-order valence-electron chi connectivity index (χ4n) is 11.2. The van der Waals surface area contributed by atoms with Crippen molar-refractivity contribution in [2.45, 2.75) is 19.3 Å². The molecule has 0 atom stereocenters. The fourth-order valence-corrected chi connectivity index (χ4v) is 11.2. The molecular formula is C71H52N2. The van der Waals surface area contributed by atoms with Gasteiger partial charge in [0, 0.05) is 39.5 Å². The van der Waals surface area contributed by atoms with Crippen LogP contribution in [0.15, 0.2) is 279 Å². The van der Waals surface area contributed by atoms with Crippen LogP contribution in [0.2, 0.25) is 0 Å². The van der Waals surface area contributed by atoms with Crippen LogP contribution in [0.5, 0.6) is 0 Å². The van der Waals surface area contributed by atoms with E-state index in [4.69, 9.17) is 0 Å². The first kappa shape index (κ1) is 43.8. The van der Waals surface area contributed by atoms with Crippen LogP contribution in [0.25, 0.3) is 77.2 Å². The topological polar surface area (TPSA) is 6.48 Å². The summed E-state index contributed by atoms with van der Waals surface area (Å²) in [6.07, 6.45) is 0. The molecule has 13 rings (SSSR count). The maximum absolute atomic E-state index is 2.44. The standard InChI is InChI=1S/C71H52N2/c1-71(2)67-20-12-19-58-21-22-59-47-60(48-68(71)70(59)69(58)67)57-33-45-66(46-34-57)73(63-39-27-54(28-40-63)51-17-10-5-11-18-51)65-43-31-56(32-44-65)55-29-41-64(42-30-55)72(61-35-23-52(24-36-61)49-13-6-3-7-14-49)62-37-25-53(26-38-62)50-15-8-4-9-16-50/h3-48H,1-2H3. The van der Waals surface area contributed by atoms with Crippen molar-refractivity contribution in [1.29, 1.82) is 0 Å². The molecule has 12 aromatic rings. The van der Waals surface area contributed by atoms with Crippen molar-refractivity contribution >= 4 is 55.7 Å². The maximum Gasteiger partial charge on any atom is 0.0462 e. The first-order valence-electron chi connectivity index (χ1n) is 25.3. The van der Waals surface area contributed by atoms with E-state index in [-0.39, 0.29) is 5.41 Å². The van der Waals surface area contributed by atoms with Gasteiger partial charge in [-0.25, -0.2) is 0 Å². The van der Waals surface area contributed by atoms with Gasteiger partial charge in [0.25, 0.3) is 0 Å². The van der Waals surface area contributed by atoms with E-state index in [0.717, 1.165) is 45.3 Å². The van der Waals surface area contributed by atoms with Crippen molar-refractivity contribution in [3.63, 3.8) is 0 Å². The zero-order valence-electron chi connectivity index (χ0n) is 41.0. The smallest absolute Gasteiger partial charge is 0.0462 e. The van der Waals surface area contributed by atoms with E-state index in [1.807, 2.05) is 0 Å². The van der Waals surface area contributed by atoms with E-state index in [0.29, 0.717) is 0 Å². The van der Waals surface area contributed by atoms with Gasteiger partial charge < -0.3 is 9.80 Å². The number of rotatable bonds is 11. The van der Waals surface area contributed by atoms with Crippen LogP contribution in [0.1, 0.15) is 25.0 Å². The number of nitrogens with zero attached hydrogens (tertiary/aromatic N) is 2. The molecule has 1 aliphatic carbocycles. The first-order chi connectivity index (χ1) is 35.9. The second-order valence-electron chi connectivity index (χ2n) is 19.8. The van der Waals surface area contributed by atoms with E-state index in [9.17, 15) is 0 Å². The lowest BCUT2D eigenvalue weighted by Crippen LogP contribution is -2.15. The van der Waals surface area contributed by atoms with Crippen LogP contribution >= 0.6 is 0 Å². The van der Waals surface area contributed by atoms with Crippen molar-refractivity contribution in [1.82, 2.24) is 0 Å². The van der Waals surface area contributed by atoms with Crippen molar-refractivity contribution in [3.8, 4) is 55.6 Å². The third kappa shape index (κ3) is 8.04. The molecule has 2 heteroatoms. The second-order valence-corrected chi connectivity index (χ2v) is 19.8. The Labute approximate surface area is 428 Å². The molecule has 346 valence electrons. The zero-order valence-corrected chi connectivity index (χ0v) is 41.0. The zero-order chi connectivity index (χ0) is 48.9. The molecule has 2 nitrogen and oxygen atoms in total. The predicted molar refractivity (Wildman–Crippen MR) is 310 cm³/mol. The van der Waals surface area contributed by atoms with Crippen molar-refractivity contribution < 1.29 is 0 Å². The molecule has 1 aliphatic rings. The Kier molecular flexibility index (Phi) is 10.9. The minimum atomic E-state index is -0.0690. The first-order valence-corrected chi connectivity index (χ1v) is 25.3. The Morgan fingerprint density at radius 1 is 0.219 bits per heavy atom. The molecule has 0 amide bonds. The fraction of sp³-hybridized carbons (Fsp3) is 0.0423. The van der Waals surface area contributed by atoms with Crippen LogP contribution in [-0.2, 0) is 5.41 Å². The highest BCUT2D eigenvalue weighted by atomic mass is 15.1. The molecule has 0 aliphatic heterocycles. The molecule has 0 saturated heterocycles. The Morgan fingerprint density at radius 3 is 0.849 bits per heavy atom. The lowest BCUT2D eigenvalue weighted by atomic mass is 9.81. The van der Waals surface area contributed by atoms with Crippen molar-refractivity contribution in [2.75, 3.05) is 9.80 Å². The lowest BCUT2D eigenvalue weighted by Gasteiger charge is -2.27. The van der Waals surface area contributed by atoms with Gasteiger partial charge in [-0.1, -0.05) is 208 Å². The van der Waals surface area contributed by atoms with Crippen molar-refractivity contribution in [2.24, 2.45) is 0 Å². The molecule has 0 heterocycles. The van der Waals surface area contributed by atoms with Gasteiger partial charge in [-0.15, -0.1) is 0 Å². The van der Waals surface area contributed by atoms with Crippen LogP contribution in [0.3, 0.4) is 0 Å². The molecule has 12 aromatic carbocycles. The molecule has 0 radical (unpaired) electrons. The van der Waals surface area contributed by atoms with Crippen LogP contribution in [0, 0.1) is 0 Å². The summed E-state index contributed by atoms with van der Waals surface area (Å²) in [5, 5.41) is 5.44. The van der Waals surface area contributed by atoms with Crippen LogP contribution in [-0.4, -0.2) is 0 Å². The van der Waals surface area contributed by atoms with Gasteiger partial charge in [0.2, 0.25) is 0 Å². The maximum atomic E-state index is 2.44. The van der Waals surface area contributed by atoms with Crippen LogP contribution in [0.4, 0.5) is 34.1 Å². The minimum absolute atomic E-state index is 0.0690. The number of benzene rings is 12. The average molecular weight is 933 g/mol. The summed E-state index contributed by atoms with van der Waals surface area (Å²) in [7, 11) is 0. The Bertz CT molecular complexity index is 3820. The van der Waals surface area contributed by atoms with E-state index in [2.05, 4.69) is 303 Å². The van der Waals surface area contributed by atoms with Crippen LogP contribution < -0.4 is 9.80 Å². The normalized spacial score (nSPS) is 12.4. The second kappa shape index (κ2) is 18.2. The van der Waals surface area contributed by atoms with Gasteiger partial charge in [0.15, 0.2) is 0 Å². The quantitative estimate of drug-likeness (QED) is 0.119. The average Bonchev–Trinajstić information content (AvgIpc) is 3.70. The van der Waals surface area contributed by atoms with Gasteiger partial charge in [0.05, 0.1) is 0 Å². The SMILES string of the molecule is CC1(C)c2cccc3ccc4cc(-c5ccc(N(c6ccc(-c7ccccc7)cc6)c6ccc(-c7ccc(N(c8ccc(-c9ccccc9)cc8)c8ccc(-c9ccccc9)cc8)cc7)cc6)cc5)cc1c4c23. The Hall–Kier alpha value is -9.24. The number of hydrogen-bond donors (Lipinski definition) is 0. The van der Waals surface area contributed by atoms with Gasteiger partial charge >= 0.3 is 0 Å². The summed E-state index contributed by atoms with van der Waals surface area (Å²) >= 11 is 0. The van der Waals surface area contributed by atoms with Gasteiger partial charge in [-0.2, -0.15) is 0 Å². The molecule has 73 heavy (non-hydrogen) atoms. The van der Waals surface area contributed by atoms with Crippen molar-refractivity contribution in [3.05, 3.63) is 290 Å². The molecule has 0 fully saturated rings. The summed E-state index contributed by atoms with van der Waals surface area (Å²) in [6.45, 7) is 4.75. The molecule has 0 aromatic heterocycles. The van der Waals surface area contributed by atoms with Gasteiger partial charge in [0.1, 0.15) is 0 Å². The highest BCUT2D eigenvalue weighted by molar-refractivity contribution is 6.15. The summed E-state index contributed by atoms with van der Waals surface area (Å²) in [6, 6.07) is 102. The Morgan fingerprint density at radius 2 is 0.507 bits per heavy atom. The highest BCUT2D eigenvalue weighted by Crippen LogP contribution is 2.50. The molecule has 0 spiro atoms. The predicted octanol–water partition coefficient (Wildman–Crippen LogP) is 19.9. The third-order valence-corrected chi connectivity index (χ3v) is 15.0. The summed E-state index contributed by atoms with van der Waals surface area (Å²) < 4.78 is 0. The van der Waals surface area contributed by atoms with Gasteiger partial charge in [-0.3, -0.25) is 0 Å². The highest BCUT2D eigenvalue weighted by Gasteiger charge is 2.34. The van der Waals surface area contributed by atoms with E-state index < -0.39 is 0 Å². The van der Waals surface area contributed by atoms with E-state index >= 15 is 0 Å². The number of hydrogen-bond acceptors (Lipinski definition) is 2. The molecule has 0 N–H and O–H groups in total. The minimum Gasteiger partial charge on any atom is -0.311 e. The molecule has 0 unspecified atom stereocenters. The molecule has 0 saturated carbocycles.